The van der Waals surface area contributed by atoms with Gasteiger partial charge in [0.1, 0.15) is 5.60 Å². The second-order valence-corrected chi connectivity index (χ2v) is 6.48. The van der Waals surface area contributed by atoms with Gasteiger partial charge in [0.15, 0.2) is 0 Å². The first-order valence-electron chi connectivity index (χ1n) is 6.94. The molecule has 5 nitrogen and oxygen atoms in total. The number of hydrogen-bond acceptors (Lipinski definition) is 3. The third-order valence-corrected chi connectivity index (χ3v) is 3.03. The van der Waals surface area contributed by atoms with Crippen molar-refractivity contribution in [2.24, 2.45) is 11.8 Å². The number of nitrogens with one attached hydrogen (secondary N) is 1. The van der Waals surface area contributed by atoms with Crippen LogP contribution in [0.5, 0.6) is 0 Å². The van der Waals surface area contributed by atoms with Gasteiger partial charge in [-0.2, -0.15) is 0 Å². The van der Waals surface area contributed by atoms with E-state index in [-0.39, 0.29) is 17.9 Å². The summed E-state index contributed by atoms with van der Waals surface area (Å²) in [5.41, 5.74) is -0.457. The van der Waals surface area contributed by atoms with Crippen LogP contribution < -0.4 is 5.32 Å². The van der Waals surface area contributed by atoms with Crippen LogP contribution in [0.2, 0.25) is 0 Å². The highest BCUT2D eigenvalue weighted by Gasteiger charge is 2.29. The lowest BCUT2D eigenvalue weighted by atomic mass is 10.1. The van der Waals surface area contributed by atoms with Crippen molar-refractivity contribution in [1.29, 1.82) is 0 Å². The molecule has 1 aliphatic rings. The molecular weight excluding hydrogens is 244 g/mol. The predicted octanol–water partition coefficient (Wildman–Crippen LogP) is 2.02. The Morgan fingerprint density at radius 2 is 2.00 bits per heavy atom. The molecule has 0 aromatic carbocycles. The summed E-state index contributed by atoms with van der Waals surface area (Å²) in [6.07, 6.45) is 0.655. The third kappa shape index (κ3) is 5.49. The van der Waals surface area contributed by atoms with Crippen LogP contribution in [-0.2, 0) is 9.53 Å². The van der Waals surface area contributed by atoms with E-state index in [2.05, 4.69) is 5.32 Å². The van der Waals surface area contributed by atoms with Crippen molar-refractivity contribution in [1.82, 2.24) is 10.2 Å². The fourth-order valence-corrected chi connectivity index (χ4v) is 1.94. The standard InChI is InChI=1S/C14H26N2O3/c1-10(2)12(17)15-8-11-6-7-16(9-11)13(18)19-14(3,4)5/h10-11H,6-9H2,1-5H3,(H,15,17). The number of rotatable bonds is 3. The number of likely N-dealkylation sites (tertiary alicyclic amines) is 1. The SMILES string of the molecule is CC(C)C(=O)NCC1CCN(C(=O)OC(C)(C)C)C1. The molecule has 0 saturated carbocycles. The molecule has 1 fully saturated rings. The van der Waals surface area contributed by atoms with Crippen LogP contribution in [-0.4, -0.2) is 42.1 Å². The molecule has 1 N–H and O–H groups in total. The predicted molar refractivity (Wildman–Crippen MR) is 73.8 cm³/mol. The number of amides is 2. The monoisotopic (exact) mass is 270 g/mol. The molecule has 5 heteroatoms. The zero-order valence-corrected chi connectivity index (χ0v) is 12.7. The minimum Gasteiger partial charge on any atom is -0.444 e. The van der Waals surface area contributed by atoms with Crippen molar-refractivity contribution < 1.29 is 14.3 Å². The Morgan fingerprint density at radius 1 is 1.37 bits per heavy atom. The molecule has 0 aliphatic carbocycles. The van der Waals surface area contributed by atoms with Crippen molar-refractivity contribution in [2.45, 2.75) is 46.6 Å². The van der Waals surface area contributed by atoms with Crippen LogP contribution in [0.25, 0.3) is 0 Å². The van der Waals surface area contributed by atoms with Crippen molar-refractivity contribution >= 4 is 12.0 Å². The van der Waals surface area contributed by atoms with E-state index >= 15 is 0 Å². The van der Waals surface area contributed by atoms with Crippen LogP contribution in [0, 0.1) is 11.8 Å². The summed E-state index contributed by atoms with van der Waals surface area (Å²) in [5.74, 6) is 0.397. The number of ether oxygens (including phenoxy) is 1. The van der Waals surface area contributed by atoms with Gasteiger partial charge in [-0.25, -0.2) is 4.79 Å². The maximum Gasteiger partial charge on any atom is 0.410 e. The normalized spacial score (nSPS) is 19.7. The maximum atomic E-state index is 11.9. The highest BCUT2D eigenvalue weighted by Crippen LogP contribution is 2.19. The van der Waals surface area contributed by atoms with Crippen LogP contribution in [0.4, 0.5) is 4.79 Å². The summed E-state index contributed by atoms with van der Waals surface area (Å²) in [7, 11) is 0. The van der Waals surface area contributed by atoms with E-state index in [0.717, 1.165) is 6.42 Å². The van der Waals surface area contributed by atoms with Crippen LogP contribution in [0.15, 0.2) is 0 Å². The second kappa shape index (κ2) is 6.26. The highest BCUT2D eigenvalue weighted by molar-refractivity contribution is 5.77. The maximum absolute atomic E-state index is 11.9. The molecule has 1 unspecified atom stereocenters. The van der Waals surface area contributed by atoms with Crippen LogP contribution in [0.1, 0.15) is 41.0 Å². The zero-order chi connectivity index (χ0) is 14.6. The number of nitrogens with zero attached hydrogens (tertiary/aromatic N) is 1. The Bertz CT molecular complexity index is 334. The topological polar surface area (TPSA) is 58.6 Å². The molecule has 0 bridgehead atoms. The minimum absolute atomic E-state index is 0.00311. The van der Waals surface area contributed by atoms with Crippen LogP contribution >= 0.6 is 0 Å². The first kappa shape index (κ1) is 15.8. The van der Waals surface area contributed by atoms with Gasteiger partial charge in [-0.05, 0) is 33.1 Å². The molecule has 0 aromatic heterocycles. The van der Waals surface area contributed by atoms with E-state index in [0.29, 0.717) is 25.6 Å². The van der Waals surface area contributed by atoms with Crippen molar-refractivity contribution in [2.75, 3.05) is 19.6 Å². The Labute approximate surface area is 115 Å². The summed E-state index contributed by atoms with van der Waals surface area (Å²) in [6, 6.07) is 0. The smallest absolute Gasteiger partial charge is 0.410 e. The Kier molecular flexibility index (Phi) is 5.20. The Morgan fingerprint density at radius 3 is 2.53 bits per heavy atom. The number of carbonyl (C=O) groups excluding carboxylic acids is 2. The lowest BCUT2D eigenvalue weighted by Crippen LogP contribution is -2.37. The van der Waals surface area contributed by atoms with E-state index in [9.17, 15) is 9.59 Å². The van der Waals surface area contributed by atoms with Crippen molar-refractivity contribution in [3.8, 4) is 0 Å². The van der Waals surface area contributed by atoms with Crippen molar-refractivity contribution in [3.63, 3.8) is 0 Å². The number of carbonyl (C=O) groups is 2. The van der Waals surface area contributed by atoms with Gasteiger partial charge in [0.05, 0.1) is 0 Å². The molecule has 110 valence electrons. The summed E-state index contributed by atoms with van der Waals surface area (Å²) < 4.78 is 5.33. The molecule has 1 saturated heterocycles. The van der Waals surface area contributed by atoms with Gasteiger partial charge in [-0.1, -0.05) is 13.8 Å². The molecular formula is C14H26N2O3. The summed E-state index contributed by atoms with van der Waals surface area (Å²) in [6.45, 7) is 11.3. The van der Waals surface area contributed by atoms with E-state index in [4.69, 9.17) is 4.74 Å². The Hall–Kier alpha value is -1.26. The van der Waals surface area contributed by atoms with Gasteiger partial charge < -0.3 is 15.0 Å². The van der Waals surface area contributed by atoms with E-state index in [1.54, 1.807) is 4.90 Å². The molecule has 0 aromatic rings. The molecule has 19 heavy (non-hydrogen) atoms. The molecule has 1 atom stereocenters. The fraction of sp³-hybridized carbons (Fsp3) is 0.857. The number of hydrogen-bond donors (Lipinski definition) is 1. The first-order valence-corrected chi connectivity index (χ1v) is 6.94. The quantitative estimate of drug-likeness (QED) is 0.853. The van der Waals surface area contributed by atoms with Crippen LogP contribution in [0.3, 0.4) is 0 Å². The summed E-state index contributed by atoms with van der Waals surface area (Å²) >= 11 is 0. The molecule has 0 spiro atoms. The van der Waals surface area contributed by atoms with Gasteiger partial charge in [0, 0.05) is 25.6 Å². The lowest BCUT2D eigenvalue weighted by molar-refractivity contribution is -0.124. The minimum atomic E-state index is -0.457. The Balaban J connectivity index is 2.34. The van der Waals surface area contributed by atoms with Gasteiger partial charge in [-0.3, -0.25) is 4.79 Å². The van der Waals surface area contributed by atoms with Gasteiger partial charge in [0.25, 0.3) is 0 Å². The molecule has 1 heterocycles. The fourth-order valence-electron chi connectivity index (χ4n) is 1.94. The van der Waals surface area contributed by atoms with Gasteiger partial charge in [-0.15, -0.1) is 0 Å². The molecule has 1 rings (SSSR count). The average Bonchev–Trinajstić information content (AvgIpc) is 2.71. The third-order valence-electron chi connectivity index (χ3n) is 3.03. The van der Waals surface area contributed by atoms with Crippen molar-refractivity contribution in [3.05, 3.63) is 0 Å². The largest absolute Gasteiger partial charge is 0.444 e. The lowest BCUT2D eigenvalue weighted by Gasteiger charge is -2.24. The second-order valence-electron chi connectivity index (χ2n) is 6.48. The molecule has 1 aliphatic heterocycles. The average molecular weight is 270 g/mol. The molecule has 2 amide bonds. The van der Waals surface area contributed by atoms with Gasteiger partial charge in [0.2, 0.25) is 5.91 Å². The first-order chi connectivity index (χ1) is 8.69. The van der Waals surface area contributed by atoms with E-state index in [1.165, 1.54) is 0 Å². The van der Waals surface area contributed by atoms with E-state index < -0.39 is 5.60 Å². The van der Waals surface area contributed by atoms with E-state index in [1.807, 2.05) is 34.6 Å². The highest BCUT2D eigenvalue weighted by atomic mass is 16.6. The zero-order valence-electron chi connectivity index (χ0n) is 12.7. The summed E-state index contributed by atoms with van der Waals surface area (Å²) in [5, 5.41) is 2.91. The summed E-state index contributed by atoms with van der Waals surface area (Å²) in [4.78, 5) is 25.1. The van der Waals surface area contributed by atoms with Gasteiger partial charge >= 0.3 is 6.09 Å². The molecule has 0 radical (unpaired) electrons.